The van der Waals surface area contributed by atoms with Crippen molar-refractivity contribution >= 4 is 23.5 Å². The van der Waals surface area contributed by atoms with Gasteiger partial charge in [-0.05, 0) is 32.9 Å². The minimum Gasteiger partial charge on any atom is -0.310 e. The van der Waals surface area contributed by atoms with Gasteiger partial charge in [-0.1, -0.05) is 30.0 Å². The van der Waals surface area contributed by atoms with E-state index >= 15 is 0 Å². The summed E-state index contributed by atoms with van der Waals surface area (Å²) in [4.78, 5) is 16.7. The molecule has 2 aromatic heterocycles. The quantitative estimate of drug-likeness (QED) is 0.687. The standard InChI is InChI=1S/C17H20N6OS/c1-12(2)23-15(9-10-19-23)20-16(24)13(3)25-17-18-11-22(21-17)14-7-5-4-6-8-14/h4-13H,1-3H3,(H,20,24). The van der Waals surface area contributed by atoms with Gasteiger partial charge in [-0.3, -0.25) is 4.79 Å². The average Bonchev–Trinajstić information content (AvgIpc) is 3.25. The Bertz CT molecular complexity index is 842. The van der Waals surface area contributed by atoms with Gasteiger partial charge in [0.05, 0.1) is 17.1 Å². The Labute approximate surface area is 150 Å². The van der Waals surface area contributed by atoms with Crippen molar-refractivity contribution in [3.63, 3.8) is 0 Å². The first-order valence-electron chi connectivity index (χ1n) is 8.02. The Kier molecular flexibility index (Phi) is 5.18. The lowest BCUT2D eigenvalue weighted by molar-refractivity contribution is -0.115. The molecule has 1 atom stereocenters. The second kappa shape index (κ2) is 7.52. The van der Waals surface area contributed by atoms with Crippen molar-refractivity contribution < 1.29 is 4.79 Å². The van der Waals surface area contributed by atoms with E-state index in [-0.39, 0.29) is 17.2 Å². The summed E-state index contributed by atoms with van der Waals surface area (Å²) >= 11 is 1.32. The molecule has 25 heavy (non-hydrogen) atoms. The molecule has 0 saturated heterocycles. The molecular weight excluding hydrogens is 336 g/mol. The zero-order valence-electron chi connectivity index (χ0n) is 14.3. The second-order valence-electron chi connectivity index (χ2n) is 5.81. The summed E-state index contributed by atoms with van der Waals surface area (Å²) in [5.74, 6) is 0.582. The molecular formula is C17H20N6OS. The molecule has 130 valence electrons. The zero-order chi connectivity index (χ0) is 17.8. The Morgan fingerprint density at radius 1 is 1.16 bits per heavy atom. The topological polar surface area (TPSA) is 77.6 Å². The third-order valence-electron chi connectivity index (χ3n) is 3.55. The number of carbonyl (C=O) groups is 1. The number of thioether (sulfide) groups is 1. The fraction of sp³-hybridized carbons (Fsp3) is 0.294. The number of nitrogens with zero attached hydrogens (tertiary/aromatic N) is 5. The van der Waals surface area contributed by atoms with Gasteiger partial charge < -0.3 is 5.32 Å². The van der Waals surface area contributed by atoms with Gasteiger partial charge in [-0.25, -0.2) is 14.3 Å². The van der Waals surface area contributed by atoms with E-state index in [4.69, 9.17) is 0 Å². The number of benzene rings is 1. The lowest BCUT2D eigenvalue weighted by Crippen LogP contribution is -2.24. The largest absolute Gasteiger partial charge is 0.310 e. The van der Waals surface area contributed by atoms with E-state index in [1.807, 2.05) is 51.1 Å². The Morgan fingerprint density at radius 2 is 1.92 bits per heavy atom. The molecule has 1 unspecified atom stereocenters. The van der Waals surface area contributed by atoms with Crippen molar-refractivity contribution in [3.8, 4) is 5.69 Å². The molecule has 3 aromatic rings. The number of rotatable bonds is 6. The van der Waals surface area contributed by atoms with Crippen LogP contribution in [0.1, 0.15) is 26.8 Å². The van der Waals surface area contributed by atoms with Crippen LogP contribution in [-0.2, 0) is 4.79 Å². The number of amides is 1. The number of anilines is 1. The summed E-state index contributed by atoms with van der Waals surface area (Å²) in [5.41, 5.74) is 0.930. The molecule has 0 radical (unpaired) electrons. The van der Waals surface area contributed by atoms with Crippen molar-refractivity contribution in [2.75, 3.05) is 5.32 Å². The monoisotopic (exact) mass is 356 g/mol. The molecule has 1 aromatic carbocycles. The van der Waals surface area contributed by atoms with Crippen molar-refractivity contribution in [1.82, 2.24) is 24.5 Å². The van der Waals surface area contributed by atoms with E-state index in [1.54, 1.807) is 28.0 Å². The van der Waals surface area contributed by atoms with Crippen LogP contribution in [0.25, 0.3) is 5.69 Å². The maximum Gasteiger partial charge on any atom is 0.238 e. The first-order valence-corrected chi connectivity index (χ1v) is 8.90. The van der Waals surface area contributed by atoms with Gasteiger partial charge in [0.15, 0.2) is 0 Å². The van der Waals surface area contributed by atoms with Crippen molar-refractivity contribution in [3.05, 3.63) is 48.9 Å². The molecule has 3 rings (SSSR count). The number of para-hydroxylation sites is 1. The van der Waals surface area contributed by atoms with Gasteiger partial charge in [0.1, 0.15) is 12.1 Å². The van der Waals surface area contributed by atoms with Crippen molar-refractivity contribution in [2.24, 2.45) is 0 Å². The first-order chi connectivity index (χ1) is 12.0. The van der Waals surface area contributed by atoms with Crippen LogP contribution in [0, 0.1) is 0 Å². The molecule has 0 saturated carbocycles. The number of hydrogen-bond acceptors (Lipinski definition) is 5. The minimum absolute atomic E-state index is 0.108. The highest BCUT2D eigenvalue weighted by Crippen LogP contribution is 2.22. The third kappa shape index (κ3) is 4.08. The Balaban J connectivity index is 1.64. The Morgan fingerprint density at radius 3 is 2.64 bits per heavy atom. The van der Waals surface area contributed by atoms with Crippen LogP contribution in [0.5, 0.6) is 0 Å². The van der Waals surface area contributed by atoms with Gasteiger partial charge >= 0.3 is 0 Å². The summed E-state index contributed by atoms with van der Waals surface area (Å²) in [7, 11) is 0. The van der Waals surface area contributed by atoms with Crippen LogP contribution in [0.4, 0.5) is 5.82 Å². The van der Waals surface area contributed by atoms with E-state index in [0.29, 0.717) is 11.0 Å². The molecule has 2 heterocycles. The highest BCUT2D eigenvalue weighted by atomic mass is 32.2. The molecule has 0 aliphatic rings. The normalized spacial score (nSPS) is 12.3. The van der Waals surface area contributed by atoms with Crippen LogP contribution in [-0.4, -0.2) is 35.7 Å². The van der Waals surface area contributed by atoms with Gasteiger partial charge in [0, 0.05) is 12.1 Å². The molecule has 1 N–H and O–H groups in total. The lowest BCUT2D eigenvalue weighted by Gasteiger charge is -2.14. The summed E-state index contributed by atoms with van der Waals surface area (Å²) in [6.07, 6.45) is 3.33. The fourth-order valence-electron chi connectivity index (χ4n) is 2.27. The maximum absolute atomic E-state index is 12.4. The SMILES string of the molecule is CC(Sc1ncn(-c2ccccc2)n1)C(=O)Nc1ccnn1C(C)C. The van der Waals surface area contributed by atoms with Crippen LogP contribution in [0.2, 0.25) is 0 Å². The van der Waals surface area contributed by atoms with Crippen LogP contribution in [0.3, 0.4) is 0 Å². The molecule has 7 nitrogen and oxygen atoms in total. The maximum atomic E-state index is 12.4. The lowest BCUT2D eigenvalue weighted by atomic mass is 10.3. The highest BCUT2D eigenvalue weighted by molar-refractivity contribution is 8.00. The second-order valence-corrected chi connectivity index (χ2v) is 7.12. The first kappa shape index (κ1) is 17.2. The molecule has 0 spiro atoms. The van der Waals surface area contributed by atoms with E-state index in [1.165, 1.54) is 11.8 Å². The molecule has 0 aliphatic carbocycles. The minimum atomic E-state index is -0.331. The zero-order valence-corrected chi connectivity index (χ0v) is 15.1. The number of aromatic nitrogens is 5. The van der Waals surface area contributed by atoms with Gasteiger partial charge in [0.25, 0.3) is 0 Å². The predicted molar refractivity (Wildman–Crippen MR) is 97.9 cm³/mol. The predicted octanol–water partition coefficient (Wildman–Crippen LogP) is 3.16. The average molecular weight is 356 g/mol. The summed E-state index contributed by atoms with van der Waals surface area (Å²) in [6.45, 7) is 5.86. The van der Waals surface area contributed by atoms with Crippen molar-refractivity contribution in [1.29, 1.82) is 0 Å². The molecule has 8 heteroatoms. The van der Waals surface area contributed by atoms with E-state index in [0.717, 1.165) is 5.69 Å². The summed E-state index contributed by atoms with van der Waals surface area (Å²) < 4.78 is 3.47. The van der Waals surface area contributed by atoms with Gasteiger partial charge in [0.2, 0.25) is 11.1 Å². The third-order valence-corrected chi connectivity index (χ3v) is 4.52. The number of nitrogens with one attached hydrogen (secondary N) is 1. The van der Waals surface area contributed by atoms with E-state index in [9.17, 15) is 4.79 Å². The number of carbonyl (C=O) groups excluding carboxylic acids is 1. The molecule has 1 amide bonds. The molecule has 0 aliphatic heterocycles. The van der Waals surface area contributed by atoms with Gasteiger partial charge in [-0.15, -0.1) is 5.10 Å². The van der Waals surface area contributed by atoms with Crippen molar-refractivity contribution in [2.45, 2.75) is 37.2 Å². The van der Waals surface area contributed by atoms with Crippen LogP contribution >= 0.6 is 11.8 Å². The van der Waals surface area contributed by atoms with Crippen LogP contribution < -0.4 is 5.32 Å². The summed E-state index contributed by atoms with van der Waals surface area (Å²) in [5, 5.41) is 11.8. The van der Waals surface area contributed by atoms with E-state index in [2.05, 4.69) is 20.5 Å². The Hall–Kier alpha value is -2.61. The number of hydrogen-bond donors (Lipinski definition) is 1. The molecule has 0 bridgehead atoms. The van der Waals surface area contributed by atoms with Crippen LogP contribution in [0.15, 0.2) is 54.1 Å². The van der Waals surface area contributed by atoms with E-state index < -0.39 is 0 Å². The molecule has 0 fully saturated rings. The smallest absolute Gasteiger partial charge is 0.238 e. The fourth-order valence-corrected chi connectivity index (χ4v) is 3.00. The summed E-state index contributed by atoms with van der Waals surface area (Å²) in [6, 6.07) is 11.7. The highest BCUT2D eigenvalue weighted by Gasteiger charge is 2.19. The van der Waals surface area contributed by atoms with Gasteiger partial charge in [-0.2, -0.15) is 5.10 Å².